The zero-order valence-corrected chi connectivity index (χ0v) is 14.4. The summed E-state index contributed by atoms with van der Waals surface area (Å²) in [6, 6.07) is 5.47. The van der Waals surface area contributed by atoms with Crippen LogP contribution in [0.1, 0.15) is 34.6 Å². The lowest BCUT2D eigenvalue weighted by atomic mass is 10.2. The van der Waals surface area contributed by atoms with Crippen molar-refractivity contribution in [3.8, 4) is 0 Å². The normalized spacial score (nSPS) is 14.3. The maximum Gasteiger partial charge on any atom is 0.412 e. The molecule has 1 unspecified atom stereocenters. The molecule has 0 saturated heterocycles. The first-order chi connectivity index (χ1) is 10.2. The van der Waals surface area contributed by atoms with Gasteiger partial charge in [-0.15, -0.1) is 0 Å². The molecule has 130 valence electrons. The van der Waals surface area contributed by atoms with Crippen LogP contribution in [0.25, 0.3) is 0 Å². The maximum atomic E-state index is 13.0. The van der Waals surface area contributed by atoms with Crippen LogP contribution in [0.15, 0.2) is 29.2 Å². The maximum absolute atomic E-state index is 13.0. The molecule has 0 aliphatic heterocycles. The van der Waals surface area contributed by atoms with Crippen LogP contribution in [-0.4, -0.2) is 26.8 Å². The summed E-state index contributed by atoms with van der Waals surface area (Å²) < 4.78 is 53.8. The second-order valence-corrected chi connectivity index (χ2v) is 8.46. The Balaban J connectivity index is 2.98. The van der Waals surface area contributed by atoms with Crippen molar-refractivity contribution in [2.45, 2.75) is 56.0 Å². The molecule has 1 aromatic carbocycles. The van der Waals surface area contributed by atoms with Gasteiger partial charge in [0.15, 0.2) is 0 Å². The molecule has 1 rings (SSSR count). The summed E-state index contributed by atoms with van der Waals surface area (Å²) >= 11 is 0. The third-order valence-electron chi connectivity index (χ3n) is 2.84. The summed E-state index contributed by atoms with van der Waals surface area (Å²) in [5, 5.41) is 2.41. The van der Waals surface area contributed by atoms with Crippen molar-refractivity contribution in [2.24, 2.45) is 0 Å². The summed E-state index contributed by atoms with van der Waals surface area (Å²) in [4.78, 5) is 11.6. The van der Waals surface area contributed by atoms with E-state index in [0.29, 0.717) is 0 Å². The molecule has 1 atom stereocenters. The molecule has 0 spiro atoms. The smallest absolute Gasteiger partial charge is 0.412 e. The molecule has 0 heterocycles. The van der Waals surface area contributed by atoms with E-state index in [2.05, 4.69) is 5.32 Å². The number of amides is 1. The second-order valence-electron chi connectivity index (χ2n) is 6.43. The minimum atomic E-state index is -4.62. The number of rotatable bonds is 3. The second kappa shape index (κ2) is 6.51. The van der Waals surface area contributed by atoms with Crippen LogP contribution >= 0.6 is 0 Å². The van der Waals surface area contributed by atoms with E-state index in [1.807, 2.05) is 0 Å². The predicted molar refractivity (Wildman–Crippen MR) is 82.8 cm³/mol. The number of hydrogen-bond donors (Lipinski definition) is 1. The van der Waals surface area contributed by atoms with E-state index in [0.717, 1.165) is 13.8 Å². The SMILES string of the molecule is CC(C)(C)OC(=O)Nc1cccc(S(=O)C(C)(C)C(F)(F)F)c1. The third kappa shape index (κ3) is 5.23. The number of carbonyl (C=O) groups is 1. The number of hydrogen-bond acceptors (Lipinski definition) is 3. The Labute approximate surface area is 135 Å². The van der Waals surface area contributed by atoms with Gasteiger partial charge in [0.1, 0.15) is 10.3 Å². The van der Waals surface area contributed by atoms with Crippen LogP contribution in [0, 0.1) is 0 Å². The van der Waals surface area contributed by atoms with E-state index >= 15 is 0 Å². The third-order valence-corrected chi connectivity index (χ3v) is 4.68. The lowest BCUT2D eigenvalue weighted by molar-refractivity contribution is -0.152. The van der Waals surface area contributed by atoms with Crippen molar-refractivity contribution >= 4 is 22.6 Å². The van der Waals surface area contributed by atoms with Crippen LogP contribution in [0.2, 0.25) is 0 Å². The Kier molecular flexibility index (Phi) is 5.51. The van der Waals surface area contributed by atoms with E-state index < -0.39 is 33.4 Å². The fraction of sp³-hybridized carbons (Fsp3) is 0.533. The van der Waals surface area contributed by atoms with Gasteiger partial charge in [-0.1, -0.05) is 6.07 Å². The van der Waals surface area contributed by atoms with Crippen LogP contribution in [0.4, 0.5) is 23.7 Å². The van der Waals surface area contributed by atoms with Crippen molar-refractivity contribution < 1.29 is 26.9 Å². The number of ether oxygens (including phenoxy) is 1. The lowest BCUT2D eigenvalue weighted by Crippen LogP contribution is -2.43. The van der Waals surface area contributed by atoms with Crippen LogP contribution < -0.4 is 5.32 Å². The molecule has 1 aromatic rings. The van der Waals surface area contributed by atoms with Crippen LogP contribution in [-0.2, 0) is 15.5 Å². The molecule has 4 nitrogen and oxygen atoms in total. The van der Waals surface area contributed by atoms with Gasteiger partial charge in [0.2, 0.25) is 0 Å². The van der Waals surface area contributed by atoms with Gasteiger partial charge in [-0.25, -0.2) is 4.79 Å². The molecular formula is C15H20F3NO3S. The highest BCUT2D eigenvalue weighted by molar-refractivity contribution is 7.86. The number of alkyl halides is 3. The summed E-state index contributed by atoms with van der Waals surface area (Å²) in [5.41, 5.74) is -0.494. The highest BCUT2D eigenvalue weighted by Crippen LogP contribution is 2.37. The van der Waals surface area contributed by atoms with Crippen LogP contribution in [0.5, 0.6) is 0 Å². The average molecular weight is 351 g/mol. The summed E-state index contributed by atoms with van der Waals surface area (Å²) in [6.45, 7) is 6.80. The van der Waals surface area contributed by atoms with Gasteiger partial charge < -0.3 is 4.74 Å². The standard InChI is InChI=1S/C15H20F3NO3S/c1-13(2,3)22-12(20)19-10-7-6-8-11(9-10)23(21)14(4,5)15(16,17)18/h6-9H,1-5H3,(H,19,20). The molecule has 0 aliphatic rings. The molecule has 23 heavy (non-hydrogen) atoms. The van der Waals surface area contributed by atoms with Gasteiger partial charge in [0.25, 0.3) is 0 Å². The van der Waals surface area contributed by atoms with Gasteiger partial charge >= 0.3 is 12.3 Å². The van der Waals surface area contributed by atoms with E-state index in [1.54, 1.807) is 20.8 Å². The van der Waals surface area contributed by atoms with E-state index in [9.17, 15) is 22.2 Å². The molecule has 0 saturated carbocycles. The Morgan fingerprint density at radius 2 is 1.70 bits per heavy atom. The zero-order valence-electron chi connectivity index (χ0n) is 13.6. The largest absolute Gasteiger partial charge is 0.444 e. The molecule has 8 heteroatoms. The molecule has 1 amide bonds. The summed E-state index contributed by atoms with van der Waals surface area (Å²) in [6.07, 6.45) is -5.36. The van der Waals surface area contributed by atoms with Gasteiger partial charge in [-0.05, 0) is 52.8 Å². The van der Waals surface area contributed by atoms with Gasteiger partial charge in [0.05, 0.1) is 10.8 Å². The lowest BCUT2D eigenvalue weighted by Gasteiger charge is -2.27. The Bertz CT molecular complexity index is 607. The van der Waals surface area contributed by atoms with Crippen molar-refractivity contribution in [2.75, 3.05) is 5.32 Å². The van der Waals surface area contributed by atoms with Crippen molar-refractivity contribution in [1.82, 2.24) is 0 Å². The molecule has 0 fully saturated rings. The fourth-order valence-corrected chi connectivity index (χ4v) is 2.75. The molecular weight excluding hydrogens is 331 g/mol. The zero-order chi connectivity index (χ0) is 18.1. The van der Waals surface area contributed by atoms with Crippen molar-refractivity contribution in [3.63, 3.8) is 0 Å². The molecule has 0 aliphatic carbocycles. The predicted octanol–water partition coefficient (Wildman–Crippen LogP) is 4.48. The molecule has 1 N–H and O–H groups in total. The topological polar surface area (TPSA) is 55.4 Å². The highest BCUT2D eigenvalue weighted by Gasteiger charge is 2.52. The first kappa shape index (κ1) is 19.5. The molecule has 0 bridgehead atoms. The van der Waals surface area contributed by atoms with Crippen molar-refractivity contribution in [1.29, 1.82) is 0 Å². The Morgan fingerprint density at radius 1 is 1.13 bits per heavy atom. The Morgan fingerprint density at radius 3 is 2.17 bits per heavy atom. The number of anilines is 1. The van der Waals surface area contributed by atoms with E-state index in [4.69, 9.17) is 4.74 Å². The first-order valence-electron chi connectivity index (χ1n) is 6.83. The quantitative estimate of drug-likeness (QED) is 0.873. The van der Waals surface area contributed by atoms with Gasteiger partial charge in [-0.3, -0.25) is 9.53 Å². The minimum absolute atomic E-state index is 0.0270. The van der Waals surface area contributed by atoms with E-state index in [-0.39, 0.29) is 10.6 Å². The number of nitrogens with one attached hydrogen (secondary N) is 1. The van der Waals surface area contributed by atoms with Crippen LogP contribution in [0.3, 0.4) is 0 Å². The number of benzene rings is 1. The number of halogens is 3. The van der Waals surface area contributed by atoms with E-state index in [1.165, 1.54) is 24.3 Å². The minimum Gasteiger partial charge on any atom is -0.444 e. The fourth-order valence-electron chi connectivity index (χ4n) is 1.51. The molecule has 0 radical (unpaired) electrons. The number of carbonyl (C=O) groups excluding carboxylic acids is 1. The van der Waals surface area contributed by atoms with Gasteiger partial charge in [-0.2, -0.15) is 13.2 Å². The monoisotopic (exact) mass is 351 g/mol. The average Bonchev–Trinajstić information content (AvgIpc) is 2.34. The summed E-state index contributed by atoms with van der Waals surface area (Å²) in [5.74, 6) is 0. The summed E-state index contributed by atoms with van der Waals surface area (Å²) in [7, 11) is -2.32. The van der Waals surface area contributed by atoms with Crippen molar-refractivity contribution in [3.05, 3.63) is 24.3 Å². The molecule has 0 aromatic heterocycles. The Hall–Kier alpha value is -1.57. The first-order valence-corrected chi connectivity index (χ1v) is 7.98. The van der Waals surface area contributed by atoms with Gasteiger partial charge in [0, 0.05) is 10.6 Å². The highest BCUT2D eigenvalue weighted by atomic mass is 32.2.